The zero-order valence-corrected chi connectivity index (χ0v) is 16.6. The highest BCUT2D eigenvalue weighted by Gasteiger charge is 2.27. The number of rotatable bonds is 8. The maximum atomic E-state index is 13.2. The molecule has 2 rings (SSSR count). The highest BCUT2D eigenvalue weighted by Crippen LogP contribution is 2.22. The molecular formula is C18H27N5O2S. The summed E-state index contributed by atoms with van der Waals surface area (Å²) in [5, 5.41) is 0. The van der Waals surface area contributed by atoms with Crippen molar-refractivity contribution in [3.63, 3.8) is 0 Å². The Kier molecular flexibility index (Phi) is 6.55. The monoisotopic (exact) mass is 377 g/mol. The Morgan fingerprint density at radius 3 is 2.00 bits per heavy atom. The first-order valence-electron chi connectivity index (χ1n) is 8.70. The molecule has 7 nitrogen and oxygen atoms in total. The molecular weight excluding hydrogens is 350 g/mol. The van der Waals surface area contributed by atoms with E-state index in [9.17, 15) is 8.42 Å². The number of nitrogens with two attached hydrogens (primary N) is 1. The maximum absolute atomic E-state index is 13.2. The molecule has 26 heavy (non-hydrogen) atoms. The van der Waals surface area contributed by atoms with Crippen LogP contribution in [0.2, 0.25) is 0 Å². The summed E-state index contributed by atoms with van der Waals surface area (Å²) >= 11 is 0. The predicted molar refractivity (Wildman–Crippen MR) is 105 cm³/mol. The summed E-state index contributed by atoms with van der Waals surface area (Å²) < 4.78 is 27.8. The number of sulfonamides is 1. The lowest BCUT2D eigenvalue weighted by molar-refractivity contribution is 0.312. The van der Waals surface area contributed by atoms with Gasteiger partial charge in [-0.05, 0) is 57.3 Å². The number of hydrogen-bond acceptors (Lipinski definition) is 6. The number of nitrogens with zero attached hydrogens (tertiary/aromatic N) is 4. The van der Waals surface area contributed by atoms with Crippen molar-refractivity contribution in [2.45, 2.75) is 32.6 Å². The molecule has 0 unspecified atom stereocenters. The largest absolute Gasteiger partial charge is 0.399 e. The number of benzene rings is 1. The minimum absolute atomic E-state index is 0.175. The summed E-state index contributed by atoms with van der Waals surface area (Å²) in [6, 6.07) is 8.01. The van der Waals surface area contributed by atoms with Crippen molar-refractivity contribution in [3.8, 4) is 0 Å². The van der Waals surface area contributed by atoms with Gasteiger partial charge in [0.25, 0.3) is 10.0 Å². The van der Waals surface area contributed by atoms with E-state index in [2.05, 4.69) is 28.7 Å². The van der Waals surface area contributed by atoms with Gasteiger partial charge in [0.1, 0.15) is 0 Å². The number of aromatic nitrogens is 2. The van der Waals surface area contributed by atoms with E-state index in [1.54, 1.807) is 12.1 Å². The van der Waals surface area contributed by atoms with E-state index >= 15 is 0 Å². The number of anilines is 2. The Bertz CT molecular complexity index is 813. The lowest BCUT2D eigenvalue weighted by atomic mass is 10.3. The van der Waals surface area contributed by atoms with E-state index in [1.165, 1.54) is 16.4 Å². The van der Waals surface area contributed by atoms with Crippen LogP contribution in [0.25, 0.3) is 0 Å². The molecule has 0 bridgehead atoms. The average Bonchev–Trinajstić information content (AvgIpc) is 2.58. The fourth-order valence-corrected chi connectivity index (χ4v) is 4.04. The molecule has 0 fully saturated rings. The minimum atomic E-state index is -3.79. The molecule has 0 atom stereocenters. The number of hydrogen-bond donors (Lipinski definition) is 1. The van der Waals surface area contributed by atoms with E-state index in [1.807, 2.05) is 19.9 Å². The van der Waals surface area contributed by atoms with Crippen LogP contribution in [0.3, 0.4) is 0 Å². The van der Waals surface area contributed by atoms with Gasteiger partial charge in [-0.15, -0.1) is 0 Å². The summed E-state index contributed by atoms with van der Waals surface area (Å²) in [6.07, 6.45) is 0. The molecule has 8 heteroatoms. The number of nitrogen functional groups attached to an aromatic ring is 1. The van der Waals surface area contributed by atoms with Crippen molar-refractivity contribution >= 4 is 21.7 Å². The van der Waals surface area contributed by atoms with Gasteiger partial charge in [0.05, 0.1) is 11.4 Å². The molecule has 1 aromatic carbocycles. The second kappa shape index (κ2) is 8.46. The summed E-state index contributed by atoms with van der Waals surface area (Å²) in [5.74, 6) is 0.200. The zero-order chi connectivity index (χ0) is 19.3. The second-order valence-corrected chi connectivity index (χ2v) is 7.99. The normalized spacial score (nSPS) is 11.7. The fourth-order valence-electron chi connectivity index (χ4n) is 2.69. The van der Waals surface area contributed by atoms with Gasteiger partial charge in [-0.3, -0.25) is 0 Å². The SMILES string of the molecule is CCN(CC)CCN(c1nc(C)cc(C)n1)S(=O)(=O)c1ccc(N)cc1. The van der Waals surface area contributed by atoms with Crippen molar-refractivity contribution in [2.75, 3.05) is 36.2 Å². The summed E-state index contributed by atoms with van der Waals surface area (Å²) in [4.78, 5) is 11.1. The third kappa shape index (κ3) is 4.70. The van der Waals surface area contributed by atoms with Crippen molar-refractivity contribution < 1.29 is 8.42 Å². The van der Waals surface area contributed by atoms with Crippen LogP contribution in [0.15, 0.2) is 35.2 Å². The van der Waals surface area contributed by atoms with Crippen LogP contribution in [-0.4, -0.2) is 49.5 Å². The van der Waals surface area contributed by atoms with Gasteiger partial charge in [0.15, 0.2) is 0 Å². The van der Waals surface area contributed by atoms with Gasteiger partial charge < -0.3 is 10.6 Å². The van der Waals surface area contributed by atoms with Crippen molar-refractivity contribution in [2.24, 2.45) is 0 Å². The molecule has 0 spiro atoms. The standard InChI is InChI=1S/C18H27N5O2S/c1-5-22(6-2)11-12-23(18-20-14(3)13-15(4)21-18)26(24,25)17-9-7-16(19)8-10-17/h7-10,13H,5-6,11-12,19H2,1-4H3. The first kappa shape index (κ1) is 20.1. The van der Waals surface area contributed by atoms with Crippen LogP contribution in [0.4, 0.5) is 11.6 Å². The fraction of sp³-hybridized carbons (Fsp3) is 0.444. The summed E-state index contributed by atoms with van der Waals surface area (Å²) in [6.45, 7) is 10.3. The zero-order valence-electron chi connectivity index (χ0n) is 15.8. The quantitative estimate of drug-likeness (QED) is 0.709. The molecule has 0 aliphatic heterocycles. The first-order chi connectivity index (χ1) is 12.3. The number of likely N-dealkylation sites (N-methyl/N-ethyl adjacent to an activating group) is 1. The van der Waals surface area contributed by atoms with Crippen molar-refractivity contribution in [3.05, 3.63) is 41.7 Å². The highest BCUT2D eigenvalue weighted by molar-refractivity contribution is 7.92. The van der Waals surface area contributed by atoms with E-state index in [4.69, 9.17) is 5.73 Å². The van der Waals surface area contributed by atoms with E-state index < -0.39 is 10.0 Å². The Morgan fingerprint density at radius 1 is 0.962 bits per heavy atom. The predicted octanol–water partition coefficient (Wildman–Crippen LogP) is 2.21. The molecule has 142 valence electrons. The third-order valence-corrected chi connectivity index (χ3v) is 5.97. The lowest BCUT2D eigenvalue weighted by Gasteiger charge is -2.26. The summed E-state index contributed by atoms with van der Waals surface area (Å²) in [7, 11) is -3.79. The van der Waals surface area contributed by atoms with Crippen LogP contribution < -0.4 is 10.0 Å². The Balaban J connectivity index is 2.46. The maximum Gasteiger partial charge on any atom is 0.266 e. The Hall–Kier alpha value is -2.19. The van der Waals surface area contributed by atoms with Crippen molar-refractivity contribution in [1.82, 2.24) is 14.9 Å². The molecule has 0 saturated heterocycles. The minimum Gasteiger partial charge on any atom is -0.399 e. The molecule has 0 radical (unpaired) electrons. The van der Waals surface area contributed by atoms with Gasteiger partial charge in [-0.2, -0.15) is 0 Å². The van der Waals surface area contributed by atoms with Gasteiger partial charge in [0, 0.05) is 23.6 Å². The number of aryl methyl sites for hydroxylation is 2. The van der Waals surface area contributed by atoms with Gasteiger partial charge in [0.2, 0.25) is 5.95 Å². The molecule has 2 aromatic rings. The molecule has 0 aliphatic carbocycles. The van der Waals surface area contributed by atoms with Crippen LogP contribution in [0, 0.1) is 13.8 Å². The molecule has 0 amide bonds. The van der Waals surface area contributed by atoms with E-state index in [0.717, 1.165) is 24.5 Å². The van der Waals surface area contributed by atoms with E-state index in [-0.39, 0.29) is 17.4 Å². The molecule has 2 N–H and O–H groups in total. The topological polar surface area (TPSA) is 92.4 Å². The van der Waals surface area contributed by atoms with Gasteiger partial charge >= 0.3 is 0 Å². The molecule has 0 saturated carbocycles. The van der Waals surface area contributed by atoms with Crippen LogP contribution in [0.1, 0.15) is 25.2 Å². The Labute approximate surface area is 155 Å². The average molecular weight is 378 g/mol. The Morgan fingerprint density at radius 2 is 1.50 bits per heavy atom. The van der Waals surface area contributed by atoms with Crippen LogP contribution >= 0.6 is 0 Å². The van der Waals surface area contributed by atoms with E-state index in [0.29, 0.717) is 12.2 Å². The highest BCUT2D eigenvalue weighted by atomic mass is 32.2. The van der Waals surface area contributed by atoms with Crippen LogP contribution in [0.5, 0.6) is 0 Å². The lowest BCUT2D eigenvalue weighted by Crippen LogP contribution is -2.40. The summed E-state index contributed by atoms with van der Waals surface area (Å²) in [5.41, 5.74) is 7.67. The van der Waals surface area contributed by atoms with Gasteiger partial charge in [-0.1, -0.05) is 13.8 Å². The smallest absolute Gasteiger partial charge is 0.266 e. The van der Waals surface area contributed by atoms with Gasteiger partial charge in [-0.25, -0.2) is 22.7 Å². The molecule has 1 aromatic heterocycles. The first-order valence-corrected chi connectivity index (χ1v) is 10.1. The second-order valence-electron chi connectivity index (χ2n) is 6.12. The third-order valence-electron chi connectivity index (χ3n) is 4.18. The molecule has 0 aliphatic rings. The molecule has 1 heterocycles. The van der Waals surface area contributed by atoms with Crippen LogP contribution in [-0.2, 0) is 10.0 Å². The van der Waals surface area contributed by atoms with Crippen molar-refractivity contribution in [1.29, 1.82) is 0 Å².